The van der Waals surface area contributed by atoms with E-state index in [2.05, 4.69) is 15.9 Å². The molecule has 1 amide bonds. The molecule has 0 saturated carbocycles. The predicted octanol–water partition coefficient (Wildman–Crippen LogP) is 3.72. The van der Waals surface area contributed by atoms with Gasteiger partial charge in [0.1, 0.15) is 11.4 Å². The summed E-state index contributed by atoms with van der Waals surface area (Å²) in [4.78, 5) is 13.8. The zero-order valence-electron chi connectivity index (χ0n) is 13.8. The van der Waals surface area contributed by atoms with Gasteiger partial charge in [0, 0.05) is 23.6 Å². The molecular weight excluding hydrogens is 363 g/mol. The molecule has 23 heavy (non-hydrogen) atoms. The van der Waals surface area contributed by atoms with Crippen LogP contribution in [-0.2, 0) is 11.2 Å². The SMILES string of the molecule is CC(C)(C)OC(=O)N1CCC(C(N)Cc2cc(F)cc(Br)c2)C1. The summed E-state index contributed by atoms with van der Waals surface area (Å²) in [6.45, 7) is 6.80. The average Bonchev–Trinajstić information content (AvgIpc) is 2.84. The Labute approximate surface area is 145 Å². The fraction of sp³-hybridized carbons (Fsp3) is 0.588. The Hall–Kier alpha value is -1.14. The summed E-state index contributed by atoms with van der Waals surface area (Å²) in [5.41, 5.74) is 6.65. The van der Waals surface area contributed by atoms with Gasteiger partial charge in [0.15, 0.2) is 0 Å². The number of ether oxygens (including phenoxy) is 1. The molecule has 6 heteroatoms. The van der Waals surface area contributed by atoms with Crippen LogP contribution >= 0.6 is 15.9 Å². The second kappa shape index (κ2) is 7.18. The number of benzene rings is 1. The average molecular weight is 387 g/mol. The molecule has 0 aromatic heterocycles. The van der Waals surface area contributed by atoms with Gasteiger partial charge in [0.2, 0.25) is 0 Å². The van der Waals surface area contributed by atoms with Crippen LogP contribution in [0.4, 0.5) is 9.18 Å². The van der Waals surface area contributed by atoms with Crippen LogP contribution < -0.4 is 5.73 Å². The van der Waals surface area contributed by atoms with Crippen molar-refractivity contribution >= 4 is 22.0 Å². The zero-order chi connectivity index (χ0) is 17.2. The number of carbonyl (C=O) groups excluding carboxylic acids is 1. The molecule has 2 N–H and O–H groups in total. The third-order valence-electron chi connectivity index (χ3n) is 3.88. The lowest BCUT2D eigenvalue weighted by Gasteiger charge is -2.25. The molecule has 0 spiro atoms. The third kappa shape index (κ3) is 5.46. The van der Waals surface area contributed by atoms with Gasteiger partial charge < -0.3 is 15.4 Å². The Bertz CT molecular complexity index is 554. The highest BCUT2D eigenvalue weighted by Gasteiger charge is 2.32. The summed E-state index contributed by atoms with van der Waals surface area (Å²) in [7, 11) is 0. The molecule has 0 aliphatic carbocycles. The first kappa shape index (κ1) is 18.2. The van der Waals surface area contributed by atoms with Gasteiger partial charge in [-0.15, -0.1) is 0 Å². The molecule has 1 aromatic carbocycles. The highest BCUT2D eigenvalue weighted by atomic mass is 79.9. The second-order valence-corrected chi connectivity index (χ2v) is 8.04. The lowest BCUT2D eigenvalue weighted by molar-refractivity contribution is 0.0286. The van der Waals surface area contributed by atoms with Gasteiger partial charge in [-0.25, -0.2) is 9.18 Å². The minimum absolute atomic E-state index is 0.115. The van der Waals surface area contributed by atoms with Gasteiger partial charge in [0.25, 0.3) is 0 Å². The molecule has 0 radical (unpaired) electrons. The molecule has 0 bridgehead atoms. The number of likely N-dealkylation sites (tertiary alicyclic amines) is 1. The number of halogens is 2. The molecule has 1 aliphatic rings. The normalized spacial score (nSPS) is 19.7. The number of nitrogens with two attached hydrogens (primary N) is 1. The van der Waals surface area contributed by atoms with Crippen molar-refractivity contribution in [1.29, 1.82) is 0 Å². The van der Waals surface area contributed by atoms with E-state index in [4.69, 9.17) is 10.5 Å². The summed E-state index contributed by atoms with van der Waals surface area (Å²) in [6.07, 6.45) is 1.14. The molecule has 1 fully saturated rings. The highest BCUT2D eigenvalue weighted by Crippen LogP contribution is 2.24. The minimum atomic E-state index is -0.495. The zero-order valence-corrected chi connectivity index (χ0v) is 15.4. The van der Waals surface area contributed by atoms with Crippen molar-refractivity contribution < 1.29 is 13.9 Å². The van der Waals surface area contributed by atoms with Gasteiger partial charge in [-0.1, -0.05) is 15.9 Å². The molecule has 1 aliphatic heterocycles. The Balaban J connectivity index is 1.92. The molecule has 2 rings (SSSR count). The van der Waals surface area contributed by atoms with Crippen LogP contribution in [0.2, 0.25) is 0 Å². The largest absolute Gasteiger partial charge is 0.444 e. The topological polar surface area (TPSA) is 55.6 Å². The minimum Gasteiger partial charge on any atom is -0.444 e. The van der Waals surface area contributed by atoms with E-state index in [1.54, 1.807) is 4.90 Å². The Morgan fingerprint density at radius 3 is 2.78 bits per heavy atom. The Morgan fingerprint density at radius 1 is 1.48 bits per heavy atom. The van der Waals surface area contributed by atoms with Crippen LogP contribution in [0.5, 0.6) is 0 Å². The van der Waals surface area contributed by atoms with Gasteiger partial charge in [0.05, 0.1) is 0 Å². The molecule has 128 valence electrons. The van der Waals surface area contributed by atoms with Crippen LogP contribution in [0, 0.1) is 11.7 Å². The summed E-state index contributed by atoms with van der Waals surface area (Å²) in [5.74, 6) is -0.0760. The van der Waals surface area contributed by atoms with E-state index < -0.39 is 5.60 Å². The van der Waals surface area contributed by atoms with Gasteiger partial charge >= 0.3 is 6.09 Å². The van der Waals surface area contributed by atoms with Crippen molar-refractivity contribution in [3.05, 3.63) is 34.1 Å². The number of carbonyl (C=O) groups is 1. The van der Waals surface area contributed by atoms with Gasteiger partial charge in [-0.2, -0.15) is 0 Å². The van der Waals surface area contributed by atoms with E-state index >= 15 is 0 Å². The molecular formula is C17H24BrFN2O2. The first-order valence-electron chi connectivity index (χ1n) is 7.82. The predicted molar refractivity (Wildman–Crippen MR) is 91.7 cm³/mol. The van der Waals surface area contributed by atoms with E-state index in [9.17, 15) is 9.18 Å². The van der Waals surface area contributed by atoms with Crippen molar-refractivity contribution in [3.63, 3.8) is 0 Å². The summed E-state index contributed by atoms with van der Waals surface area (Å²) < 4.78 is 19.5. The fourth-order valence-corrected chi connectivity index (χ4v) is 3.31. The smallest absolute Gasteiger partial charge is 0.410 e. The summed E-state index contributed by atoms with van der Waals surface area (Å²) in [5, 5.41) is 0. The fourth-order valence-electron chi connectivity index (χ4n) is 2.80. The summed E-state index contributed by atoms with van der Waals surface area (Å²) in [6, 6.07) is 4.69. The van der Waals surface area contributed by atoms with Crippen LogP contribution in [0.1, 0.15) is 32.8 Å². The van der Waals surface area contributed by atoms with E-state index in [-0.39, 0.29) is 23.9 Å². The highest BCUT2D eigenvalue weighted by molar-refractivity contribution is 9.10. The standard InChI is InChI=1S/C17H24BrFN2O2/c1-17(2,3)23-16(22)21-5-4-12(10-21)15(20)8-11-6-13(18)9-14(19)7-11/h6-7,9,12,15H,4-5,8,10,20H2,1-3H3. The van der Waals surface area contributed by atoms with Crippen molar-refractivity contribution in [1.82, 2.24) is 4.90 Å². The van der Waals surface area contributed by atoms with E-state index in [1.165, 1.54) is 12.1 Å². The molecule has 1 heterocycles. The van der Waals surface area contributed by atoms with Crippen LogP contribution in [0.25, 0.3) is 0 Å². The first-order valence-corrected chi connectivity index (χ1v) is 8.62. The maximum Gasteiger partial charge on any atom is 0.410 e. The van der Waals surface area contributed by atoms with Crippen LogP contribution in [0.15, 0.2) is 22.7 Å². The van der Waals surface area contributed by atoms with E-state index in [1.807, 2.05) is 26.8 Å². The molecule has 2 atom stereocenters. The number of hydrogen-bond acceptors (Lipinski definition) is 3. The maximum absolute atomic E-state index is 13.4. The number of amides is 1. The number of nitrogens with zero attached hydrogens (tertiary/aromatic N) is 1. The van der Waals surface area contributed by atoms with Crippen molar-refractivity contribution in [2.45, 2.75) is 45.3 Å². The number of rotatable bonds is 3. The third-order valence-corrected chi connectivity index (χ3v) is 4.33. The van der Waals surface area contributed by atoms with Crippen molar-refractivity contribution in [2.75, 3.05) is 13.1 Å². The molecule has 2 unspecified atom stereocenters. The van der Waals surface area contributed by atoms with Crippen molar-refractivity contribution in [2.24, 2.45) is 11.7 Å². The van der Waals surface area contributed by atoms with E-state index in [0.717, 1.165) is 12.0 Å². The Kier molecular flexibility index (Phi) is 5.68. The van der Waals surface area contributed by atoms with Crippen molar-refractivity contribution in [3.8, 4) is 0 Å². The lowest BCUT2D eigenvalue weighted by atomic mass is 9.93. The monoisotopic (exact) mass is 386 g/mol. The van der Waals surface area contributed by atoms with Crippen LogP contribution in [0.3, 0.4) is 0 Å². The van der Waals surface area contributed by atoms with Gasteiger partial charge in [-0.3, -0.25) is 0 Å². The van der Waals surface area contributed by atoms with Gasteiger partial charge in [-0.05, 0) is 63.3 Å². The van der Waals surface area contributed by atoms with E-state index in [0.29, 0.717) is 24.0 Å². The first-order chi connectivity index (χ1) is 10.6. The van der Waals surface area contributed by atoms with Crippen LogP contribution in [-0.4, -0.2) is 35.7 Å². The second-order valence-electron chi connectivity index (χ2n) is 7.12. The lowest BCUT2D eigenvalue weighted by Crippen LogP contribution is -2.38. The summed E-state index contributed by atoms with van der Waals surface area (Å²) >= 11 is 3.29. The molecule has 1 saturated heterocycles. The Morgan fingerprint density at radius 2 is 2.17 bits per heavy atom. The molecule has 4 nitrogen and oxygen atoms in total. The molecule has 1 aromatic rings. The number of hydrogen-bond donors (Lipinski definition) is 1. The quantitative estimate of drug-likeness (QED) is 0.860. The maximum atomic E-state index is 13.4.